The van der Waals surface area contributed by atoms with Crippen LogP contribution in [0.5, 0.6) is 5.88 Å². The molecule has 0 N–H and O–H groups in total. The van der Waals surface area contributed by atoms with Gasteiger partial charge in [-0.2, -0.15) is 5.10 Å². The van der Waals surface area contributed by atoms with E-state index < -0.39 is 0 Å². The van der Waals surface area contributed by atoms with Crippen LogP contribution in [0.15, 0.2) is 24.5 Å². The fraction of sp³-hybridized carbons (Fsp3) is 0.500. The van der Waals surface area contributed by atoms with E-state index in [0.29, 0.717) is 18.4 Å². The molecule has 0 radical (unpaired) electrons. The predicted molar refractivity (Wildman–Crippen MR) is 93.7 cm³/mol. The summed E-state index contributed by atoms with van der Waals surface area (Å²) >= 11 is 6.24. The Morgan fingerprint density at radius 2 is 2.08 bits per heavy atom. The third kappa shape index (κ3) is 3.31. The summed E-state index contributed by atoms with van der Waals surface area (Å²) in [7, 11) is 0. The quantitative estimate of drug-likeness (QED) is 0.851. The Balaban J connectivity index is 1.30. The SMILES string of the molecule is Clc1cnccc1N1CCC(COc2cc3c(nn2)CCC3)CC1. The number of nitrogens with zero attached hydrogens (tertiary/aromatic N) is 4. The molecular formula is C18H21ClN4O. The van der Waals surface area contributed by atoms with E-state index >= 15 is 0 Å². The average Bonchev–Trinajstić information content (AvgIpc) is 3.09. The molecule has 1 fully saturated rings. The van der Waals surface area contributed by atoms with E-state index in [1.54, 1.807) is 12.4 Å². The first-order valence-corrected chi connectivity index (χ1v) is 9.00. The first kappa shape index (κ1) is 15.6. The molecule has 3 heterocycles. The standard InChI is InChI=1S/C18H21ClN4O/c19-15-11-20-7-4-17(15)23-8-5-13(6-9-23)12-24-18-10-14-2-1-3-16(14)21-22-18/h4,7,10-11,13H,1-3,5-6,8-9,12H2. The van der Waals surface area contributed by atoms with Gasteiger partial charge in [0.15, 0.2) is 0 Å². The third-order valence-electron chi connectivity index (χ3n) is 4.97. The summed E-state index contributed by atoms with van der Waals surface area (Å²) in [6, 6.07) is 4.06. The fourth-order valence-electron chi connectivity index (χ4n) is 3.55. The Labute approximate surface area is 147 Å². The van der Waals surface area contributed by atoms with Crippen molar-refractivity contribution in [2.24, 2.45) is 5.92 Å². The third-order valence-corrected chi connectivity index (χ3v) is 5.26. The average molecular weight is 345 g/mol. The minimum absolute atomic E-state index is 0.553. The number of rotatable bonds is 4. The van der Waals surface area contributed by atoms with E-state index in [1.807, 2.05) is 6.07 Å². The topological polar surface area (TPSA) is 51.1 Å². The molecule has 6 heteroatoms. The number of aryl methyl sites for hydroxylation is 2. The van der Waals surface area contributed by atoms with Gasteiger partial charge in [-0.15, -0.1) is 5.10 Å². The van der Waals surface area contributed by atoms with Gasteiger partial charge >= 0.3 is 0 Å². The van der Waals surface area contributed by atoms with Gasteiger partial charge in [0.2, 0.25) is 5.88 Å². The van der Waals surface area contributed by atoms with Crippen molar-refractivity contribution in [1.82, 2.24) is 15.2 Å². The maximum Gasteiger partial charge on any atom is 0.233 e. The molecule has 4 rings (SSSR count). The van der Waals surface area contributed by atoms with Crippen molar-refractivity contribution >= 4 is 17.3 Å². The van der Waals surface area contributed by atoms with Crippen LogP contribution in [0.4, 0.5) is 5.69 Å². The van der Waals surface area contributed by atoms with Crippen molar-refractivity contribution in [3.63, 3.8) is 0 Å². The Hall–Kier alpha value is -1.88. The van der Waals surface area contributed by atoms with Crippen LogP contribution in [0.3, 0.4) is 0 Å². The minimum Gasteiger partial charge on any atom is -0.476 e. The molecule has 0 saturated carbocycles. The molecule has 0 atom stereocenters. The molecule has 5 nitrogen and oxygen atoms in total. The molecule has 0 unspecified atom stereocenters. The molecule has 0 amide bonds. The molecule has 0 aromatic carbocycles. The highest BCUT2D eigenvalue weighted by molar-refractivity contribution is 6.33. The first-order chi connectivity index (χ1) is 11.8. The molecule has 0 bridgehead atoms. The monoisotopic (exact) mass is 344 g/mol. The first-order valence-electron chi connectivity index (χ1n) is 8.62. The van der Waals surface area contributed by atoms with Gasteiger partial charge in [0.05, 0.1) is 23.0 Å². The van der Waals surface area contributed by atoms with Crippen LogP contribution in [0, 0.1) is 5.92 Å². The van der Waals surface area contributed by atoms with Gasteiger partial charge in [-0.25, -0.2) is 0 Å². The smallest absolute Gasteiger partial charge is 0.233 e. The van der Waals surface area contributed by atoms with Crippen molar-refractivity contribution in [2.45, 2.75) is 32.1 Å². The second-order valence-electron chi connectivity index (χ2n) is 6.58. The number of halogens is 1. The molecule has 24 heavy (non-hydrogen) atoms. The zero-order valence-corrected chi connectivity index (χ0v) is 14.4. The summed E-state index contributed by atoms with van der Waals surface area (Å²) < 4.78 is 5.91. The van der Waals surface area contributed by atoms with Gasteiger partial charge in [-0.05, 0) is 49.7 Å². The van der Waals surface area contributed by atoms with Gasteiger partial charge in [0, 0.05) is 31.5 Å². The van der Waals surface area contributed by atoms with E-state index in [0.717, 1.165) is 55.2 Å². The molecule has 1 aliphatic carbocycles. The normalized spacial score (nSPS) is 17.8. The van der Waals surface area contributed by atoms with Gasteiger partial charge in [-0.3, -0.25) is 4.98 Å². The van der Waals surface area contributed by atoms with Crippen LogP contribution in [0.1, 0.15) is 30.5 Å². The fourth-order valence-corrected chi connectivity index (χ4v) is 3.79. The number of hydrogen-bond donors (Lipinski definition) is 0. The lowest BCUT2D eigenvalue weighted by atomic mass is 9.97. The maximum absolute atomic E-state index is 6.24. The summed E-state index contributed by atoms with van der Waals surface area (Å²) in [5, 5.41) is 9.21. The lowest BCUT2D eigenvalue weighted by Gasteiger charge is -2.33. The zero-order chi connectivity index (χ0) is 16.4. The van der Waals surface area contributed by atoms with Gasteiger partial charge < -0.3 is 9.64 Å². The Morgan fingerprint density at radius 1 is 1.21 bits per heavy atom. The van der Waals surface area contributed by atoms with Crippen molar-refractivity contribution < 1.29 is 4.74 Å². The zero-order valence-electron chi connectivity index (χ0n) is 13.6. The predicted octanol–water partition coefficient (Wildman–Crippen LogP) is 3.31. The molecule has 1 saturated heterocycles. The highest BCUT2D eigenvalue weighted by atomic mass is 35.5. The van der Waals surface area contributed by atoms with Gasteiger partial charge in [0.25, 0.3) is 0 Å². The number of anilines is 1. The van der Waals surface area contributed by atoms with E-state index in [2.05, 4.69) is 26.1 Å². The van der Waals surface area contributed by atoms with E-state index in [-0.39, 0.29) is 0 Å². The summed E-state index contributed by atoms with van der Waals surface area (Å²) in [6.45, 7) is 2.70. The lowest BCUT2D eigenvalue weighted by molar-refractivity contribution is 0.214. The summed E-state index contributed by atoms with van der Waals surface area (Å²) in [4.78, 5) is 6.38. The van der Waals surface area contributed by atoms with E-state index in [4.69, 9.17) is 16.3 Å². The molecule has 2 aromatic rings. The second-order valence-corrected chi connectivity index (χ2v) is 6.98. The molecular weight excluding hydrogens is 324 g/mol. The summed E-state index contributed by atoms with van der Waals surface area (Å²) in [6.07, 6.45) is 9.03. The highest BCUT2D eigenvalue weighted by Crippen LogP contribution is 2.29. The number of hydrogen-bond acceptors (Lipinski definition) is 5. The Morgan fingerprint density at radius 3 is 2.92 bits per heavy atom. The van der Waals surface area contributed by atoms with Crippen LogP contribution in [0.25, 0.3) is 0 Å². The molecule has 2 aromatic heterocycles. The number of pyridine rings is 1. The summed E-state index contributed by atoms with van der Waals surface area (Å²) in [5.41, 5.74) is 3.53. The van der Waals surface area contributed by atoms with Crippen LogP contribution in [0.2, 0.25) is 5.02 Å². The summed E-state index contributed by atoms with van der Waals surface area (Å²) in [5.74, 6) is 1.23. The number of ether oxygens (including phenoxy) is 1. The Bertz CT molecular complexity index is 716. The van der Waals surface area contributed by atoms with Gasteiger partial charge in [-0.1, -0.05) is 11.6 Å². The van der Waals surface area contributed by atoms with Gasteiger partial charge in [0.1, 0.15) is 0 Å². The van der Waals surface area contributed by atoms with Crippen molar-refractivity contribution in [2.75, 3.05) is 24.6 Å². The number of fused-ring (bicyclic) bond motifs is 1. The highest BCUT2D eigenvalue weighted by Gasteiger charge is 2.22. The Kier molecular flexibility index (Phi) is 4.52. The largest absolute Gasteiger partial charge is 0.476 e. The number of piperidine rings is 1. The maximum atomic E-state index is 6.24. The molecule has 2 aliphatic rings. The lowest BCUT2D eigenvalue weighted by Crippen LogP contribution is -2.35. The van der Waals surface area contributed by atoms with Crippen LogP contribution < -0.4 is 9.64 Å². The second kappa shape index (κ2) is 6.93. The molecule has 0 spiro atoms. The molecule has 126 valence electrons. The van der Waals surface area contributed by atoms with Crippen LogP contribution >= 0.6 is 11.6 Å². The van der Waals surface area contributed by atoms with Crippen molar-refractivity contribution in [3.05, 3.63) is 40.8 Å². The minimum atomic E-state index is 0.553. The molecule has 1 aliphatic heterocycles. The van der Waals surface area contributed by atoms with Crippen LogP contribution in [-0.4, -0.2) is 34.9 Å². The van der Waals surface area contributed by atoms with Crippen molar-refractivity contribution in [1.29, 1.82) is 0 Å². The van der Waals surface area contributed by atoms with Crippen LogP contribution in [-0.2, 0) is 12.8 Å². The van der Waals surface area contributed by atoms with E-state index in [9.17, 15) is 0 Å². The van der Waals surface area contributed by atoms with E-state index in [1.165, 1.54) is 12.0 Å². The van der Waals surface area contributed by atoms with Crippen molar-refractivity contribution in [3.8, 4) is 5.88 Å². The number of aromatic nitrogens is 3.